The van der Waals surface area contributed by atoms with Gasteiger partial charge in [0.15, 0.2) is 0 Å². The fourth-order valence-corrected chi connectivity index (χ4v) is 8.95. The van der Waals surface area contributed by atoms with E-state index in [0.717, 1.165) is 51.4 Å². The van der Waals surface area contributed by atoms with Crippen molar-refractivity contribution in [3.05, 3.63) is 97.2 Å². The Morgan fingerprint density at radius 3 is 0.950 bits per heavy atom. The SMILES string of the molecule is CCCCC/C=C\C/C=C\CC(O)CN(CCOC(=O)CCC1NC(=O)C(CCC(=O)OCCN(CC(O)C/C=C\C/C=C\CCCCC)CC(O)C/C=C\C/C=C\CCCCC)NC1=O)CC(O)C/C=C\C/C=C\CCCCC. The van der Waals surface area contributed by atoms with Gasteiger partial charge >= 0.3 is 11.9 Å². The van der Waals surface area contributed by atoms with Crippen molar-refractivity contribution in [2.45, 2.75) is 244 Å². The maximum absolute atomic E-state index is 13.1. The zero-order valence-electron chi connectivity index (χ0n) is 50.3. The maximum atomic E-state index is 13.1. The van der Waals surface area contributed by atoms with E-state index in [1.54, 1.807) is 0 Å². The fraction of sp³-hybridized carbons (Fsp3) is 0.697. The van der Waals surface area contributed by atoms with Crippen molar-refractivity contribution < 1.29 is 49.1 Å². The number of aliphatic hydroxyl groups is 4. The number of piperazine rings is 1. The quantitative estimate of drug-likeness (QED) is 0.0192. The van der Waals surface area contributed by atoms with Gasteiger partial charge < -0.3 is 40.5 Å². The summed E-state index contributed by atoms with van der Waals surface area (Å²) in [5.41, 5.74) is 0. The summed E-state index contributed by atoms with van der Waals surface area (Å²) in [6, 6.07) is -1.91. The Kier molecular flexibility index (Phi) is 48.4. The molecule has 0 bridgehead atoms. The molecule has 456 valence electrons. The van der Waals surface area contributed by atoms with Crippen molar-refractivity contribution in [1.29, 1.82) is 0 Å². The normalized spacial score (nSPS) is 17.0. The Hall–Kier alpha value is -4.44. The average molecular weight is 1120 g/mol. The highest BCUT2D eigenvalue weighted by Gasteiger charge is 2.34. The van der Waals surface area contributed by atoms with Crippen molar-refractivity contribution in [2.75, 3.05) is 52.5 Å². The minimum absolute atomic E-state index is 0.0171. The van der Waals surface area contributed by atoms with Gasteiger partial charge in [0.1, 0.15) is 25.3 Å². The first-order chi connectivity index (χ1) is 38.9. The molecule has 6 atom stereocenters. The van der Waals surface area contributed by atoms with Crippen LogP contribution in [0.2, 0.25) is 0 Å². The van der Waals surface area contributed by atoms with Gasteiger partial charge in [0, 0.05) is 52.1 Å². The van der Waals surface area contributed by atoms with E-state index in [1.165, 1.54) is 77.0 Å². The number of ether oxygens (including phenoxy) is 2. The summed E-state index contributed by atoms with van der Waals surface area (Å²) in [6.45, 7) is 10.5. The molecule has 1 rings (SSSR count). The lowest BCUT2D eigenvalue weighted by molar-refractivity contribution is -0.147. The highest BCUT2D eigenvalue weighted by Crippen LogP contribution is 2.12. The van der Waals surface area contributed by atoms with Crippen LogP contribution in [0.3, 0.4) is 0 Å². The van der Waals surface area contributed by atoms with Crippen LogP contribution in [0.5, 0.6) is 0 Å². The number of hydrogen-bond donors (Lipinski definition) is 6. The van der Waals surface area contributed by atoms with Gasteiger partial charge in [0.25, 0.3) is 0 Å². The monoisotopic (exact) mass is 1120 g/mol. The number of allylic oxidation sites excluding steroid dienone is 12. The summed E-state index contributed by atoms with van der Waals surface area (Å²) in [5, 5.41) is 49.0. The van der Waals surface area contributed by atoms with Gasteiger partial charge in [-0.05, 0) is 116 Å². The van der Waals surface area contributed by atoms with Crippen LogP contribution in [0.15, 0.2) is 97.2 Å². The molecule has 0 spiro atoms. The number of nitrogens with zero attached hydrogens (tertiary/aromatic N) is 2. The van der Waals surface area contributed by atoms with Gasteiger partial charge in [-0.25, -0.2) is 0 Å². The van der Waals surface area contributed by atoms with Crippen molar-refractivity contribution in [2.24, 2.45) is 0 Å². The van der Waals surface area contributed by atoms with E-state index < -0.39 is 60.3 Å². The van der Waals surface area contributed by atoms with Crippen LogP contribution in [0.1, 0.15) is 207 Å². The second kappa shape index (κ2) is 52.6. The molecule has 14 nitrogen and oxygen atoms in total. The lowest BCUT2D eigenvalue weighted by Crippen LogP contribution is -2.61. The van der Waals surface area contributed by atoms with Crippen molar-refractivity contribution in [3.63, 3.8) is 0 Å². The summed E-state index contributed by atoms with van der Waals surface area (Å²) in [5.74, 6) is -2.01. The molecule has 0 aromatic heterocycles. The van der Waals surface area contributed by atoms with E-state index in [-0.39, 0.29) is 78.2 Å². The van der Waals surface area contributed by atoms with Gasteiger partial charge in [-0.1, -0.05) is 176 Å². The van der Waals surface area contributed by atoms with E-state index >= 15 is 0 Å². The first-order valence-electron chi connectivity index (χ1n) is 31.2. The number of amides is 2. The largest absolute Gasteiger partial charge is 0.464 e. The number of carbonyl (C=O) groups is 4. The molecule has 6 N–H and O–H groups in total. The zero-order valence-corrected chi connectivity index (χ0v) is 50.3. The molecule has 1 heterocycles. The molecule has 1 saturated heterocycles. The Labute approximate surface area is 485 Å². The number of aliphatic hydroxyl groups excluding tert-OH is 4. The van der Waals surface area contributed by atoms with E-state index in [0.29, 0.717) is 25.7 Å². The van der Waals surface area contributed by atoms with Crippen LogP contribution in [0.25, 0.3) is 0 Å². The summed E-state index contributed by atoms with van der Waals surface area (Å²) in [6.07, 6.45) is 54.3. The van der Waals surface area contributed by atoms with Crippen LogP contribution >= 0.6 is 0 Å². The van der Waals surface area contributed by atoms with Crippen LogP contribution in [0, 0.1) is 0 Å². The average Bonchev–Trinajstić information content (AvgIpc) is 3.43. The molecule has 0 saturated carbocycles. The highest BCUT2D eigenvalue weighted by molar-refractivity contribution is 5.97. The topological polar surface area (TPSA) is 198 Å². The number of carbonyl (C=O) groups excluding carboxylic acids is 4. The van der Waals surface area contributed by atoms with Crippen LogP contribution in [0.4, 0.5) is 0 Å². The molecule has 14 heteroatoms. The summed E-state index contributed by atoms with van der Waals surface area (Å²) >= 11 is 0. The van der Waals surface area contributed by atoms with Gasteiger partial charge in [-0.3, -0.25) is 29.0 Å². The smallest absolute Gasteiger partial charge is 0.305 e. The third-order valence-electron chi connectivity index (χ3n) is 13.7. The molecule has 0 aromatic rings. The van der Waals surface area contributed by atoms with Gasteiger partial charge in [0.2, 0.25) is 11.8 Å². The predicted molar refractivity (Wildman–Crippen MR) is 328 cm³/mol. The molecule has 0 aliphatic carbocycles. The lowest BCUT2D eigenvalue weighted by Gasteiger charge is -2.29. The number of nitrogens with one attached hydrogen (secondary N) is 2. The number of esters is 2. The first-order valence-corrected chi connectivity index (χ1v) is 31.2. The Balaban J connectivity index is 2.68. The van der Waals surface area contributed by atoms with E-state index in [1.807, 2.05) is 58.4 Å². The molecule has 80 heavy (non-hydrogen) atoms. The van der Waals surface area contributed by atoms with Crippen molar-refractivity contribution in [1.82, 2.24) is 20.4 Å². The van der Waals surface area contributed by atoms with Crippen molar-refractivity contribution >= 4 is 23.8 Å². The van der Waals surface area contributed by atoms with Crippen LogP contribution in [-0.4, -0.2) is 143 Å². The minimum Gasteiger partial charge on any atom is -0.464 e. The minimum atomic E-state index is -0.953. The molecule has 1 aliphatic heterocycles. The van der Waals surface area contributed by atoms with Gasteiger partial charge in [-0.2, -0.15) is 0 Å². The third-order valence-corrected chi connectivity index (χ3v) is 13.7. The summed E-state index contributed by atoms with van der Waals surface area (Å²) < 4.78 is 11.1. The second-order valence-corrected chi connectivity index (χ2v) is 21.4. The molecule has 0 aromatic carbocycles. The van der Waals surface area contributed by atoms with E-state index in [4.69, 9.17) is 9.47 Å². The van der Waals surface area contributed by atoms with Crippen LogP contribution < -0.4 is 10.6 Å². The zero-order chi connectivity index (χ0) is 58.5. The molecule has 1 fully saturated rings. The summed E-state index contributed by atoms with van der Waals surface area (Å²) in [7, 11) is 0. The fourth-order valence-electron chi connectivity index (χ4n) is 8.95. The Morgan fingerprint density at radius 1 is 0.425 bits per heavy atom. The summed E-state index contributed by atoms with van der Waals surface area (Å²) in [4.78, 5) is 55.7. The predicted octanol–water partition coefficient (Wildman–Crippen LogP) is 11.6. The van der Waals surface area contributed by atoms with E-state index in [9.17, 15) is 39.6 Å². The van der Waals surface area contributed by atoms with Crippen molar-refractivity contribution in [3.8, 4) is 0 Å². The molecular weight excluding hydrogens is 1010 g/mol. The van der Waals surface area contributed by atoms with Gasteiger partial charge in [0.05, 0.1) is 24.4 Å². The lowest BCUT2D eigenvalue weighted by atomic mass is 10.0. The van der Waals surface area contributed by atoms with Gasteiger partial charge in [-0.15, -0.1) is 0 Å². The van der Waals surface area contributed by atoms with Crippen LogP contribution in [-0.2, 0) is 28.7 Å². The standard InChI is InChI=1S/C66H112N4O10/c1-5-9-13-17-21-25-29-33-37-41-57(71)53-69(54-58(72)42-38-34-30-26-22-18-14-10-6-2)49-51-79-63(75)47-45-61-65(77)68-62(66(78)67-61)46-48-64(76)80-52-50-70(55-59(73)43-39-35-31-27-23-19-15-11-7-3)56-60(74)44-40-36-32-28-24-20-16-12-8-4/h21-28,33-40,57-62,71-74H,5-20,29-32,41-56H2,1-4H3,(H,67,78)(H,68,77)/b25-21-,26-22-,27-23-,28-24-,37-33-,38-34-,39-35-,40-36-. The molecule has 6 unspecified atom stereocenters. The Bertz CT molecular complexity index is 1600. The highest BCUT2D eigenvalue weighted by atomic mass is 16.5. The maximum Gasteiger partial charge on any atom is 0.305 e. The Morgan fingerprint density at radius 2 is 0.688 bits per heavy atom. The number of unbranched alkanes of at least 4 members (excludes halogenated alkanes) is 12. The second-order valence-electron chi connectivity index (χ2n) is 21.4. The molecule has 0 radical (unpaired) electrons. The van der Waals surface area contributed by atoms with E-state index in [2.05, 4.69) is 86.9 Å². The molecule has 1 aliphatic rings. The third kappa shape index (κ3) is 44.2. The number of hydrogen-bond acceptors (Lipinski definition) is 12. The molecular formula is C66H112N4O10. The number of rotatable bonds is 52. The molecule has 2 amide bonds. The first kappa shape index (κ1) is 73.6.